The molecule has 0 atom stereocenters. The average Bonchev–Trinajstić information content (AvgIpc) is 2.29. The fourth-order valence-corrected chi connectivity index (χ4v) is 2.39. The van der Waals surface area contributed by atoms with E-state index in [0.29, 0.717) is 0 Å². The predicted octanol–water partition coefficient (Wildman–Crippen LogP) is -0.602. The Labute approximate surface area is 99.7 Å². The Balaban J connectivity index is 3.04. The summed E-state index contributed by atoms with van der Waals surface area (Å²) in [7, 11) is -2.25. The second-order valence-corrected chi connectivity index (χ2v) is 5.48. The molecule has 0 unspecified atom stereocenters. The molecule has 7 heteroatoms. The number of hydrogen-bond donors (Lipinski definition) is 2. The van der Waals surface area contributed by atoms with Crippen LogP contribution in [0.5, 0.6) is 0 Å². The molecule has 0 fully saturated rings. The lowest BCUT2D eigenvalue weighted by Crippen LogP contribution is -2.29. The number of primary amides is 1. The largest absolute Gasteiger partial charge is 0.395 e. The van der Waals surface area contributed by atoms with Crippen LogP contribution in [0.4, 0.5) is 0 Å². The molecule has 94 valence electrons. The lowest BCUT2D eigenvalue weighted by atomic mass is 10.2. The highest BCUT2D eigenvalue weighted by Gasteiger charge is 2.20. The van der Waals surface area contributed by atoms with Crippen molar-refractivity contribution in [1.82, 2.24) is 4.31 Å². The molecule has 1 aromatic rings. The molecule has 0 aromatic heterocycles. The van der Waals surface area contributed by atoms with Gasteiger partial charge in [0.1, 0.15) is 0 Å². The summed E-state index contributed by atoms with van der Waals surface area (Å²) in [6.07, 6.45) is 0. The Kier molecular flexibility index (Phi) is 4.22. The van der Waals surface area contributed by atoms with Gasteiger partial charge in [-0.2, -0.15) is 4.31 Å². The Hall–Kier alpha value is -1.44. The molecule has 0 saturated heterocycles. The van der Waals surface area contributed by atoms with Gasteiger partial charge in [0.25, 0.3) is 0 Å². The third-order valence-electron chi connectivity index (χ3n) is 2.26. The average molecular weight is 258 g/mol. The molecule has 0 aliphatic carbocycles. The molecule has 0 aliphatic rings. The van der Waals surface area contributed by atoms with Gasteiger partial charge in [0.05, 0.1) is 11.5 Å². The summed E-state index contributed by atoms with van der Waals surface area (Å²) >= 11 is 0. The highest BCUT2D eigenvalue weighted by atomic mass is 32.2. The summed E-state index contributed by atoms with van der Waals surface area (Å²) in [5.74, 6) is -0.613. The van der Waals surface area contributed by atoms with Crippen molar-refractivity contribution in [3.63, 3.8) is 0 Å². The number of nitrogens with zero attached hydrogens (tertiary/aromatic N) is 1. The third kappa shape index (κ3) is 3.02. The van der Waals surface area contributed by atoms with Crippen LogP contribution in [-0.2, 0) is 10.0 Å². The van der Waals surface area contributed by atoms with Crippen molar-refractivity contribution in [3.05, 3.63) is 29.8 Å². The van der Waals surface area contributed by atoms with Gasteiger partial charge in [-0.3, -0.25) is 4.79 Å². The molecule has 17 heavy (non-hydrogen) atoms. The molecule has 1 rings (SSSR count). The quantitative estimate of drug-likeness (QED) is 0.736. The van der Waals surface area contributed by atoms with E-state index in [1.54, 1.807) is 0 Å². The highest BCUT2D eigenvalue weighted by Crippen LogP contribution is 2.14. The van der Waals surface area contributed by atoms with Crippen LogP contribution in [0.1, 0.15) is 10.4 Å². The van der Waals surface area contributed by atoms with Crippen molar-refractivity contribution in [2.75, 3.05) is 20.2 Å². The van der Waals surface area contributed by atoms with Gasteiger partial charge in [-0.25, -0.2) is 8.42 Å². The number of carbonyl (C=O) groups is 1. The topological polar surface area (TPSA) is 101 Å². The van der Waals surface area contributed by atoms with Crippen LogP contribution in [-0.4, -0.2) is 43.9 Å². The number of hydrogen-bond acceptors (Lipinski definition) is 4. The maximum Gasteiger partial charge on any atom is 0.248 e. The standard InChI is InChI=1S/C10H14N2O4S/c1-12(6-7-13)17(15,16)9-4-2-8(3-5-9)10(11)14/h2-5,13H,6-7H2,1H3,(H2,11,14). The van der Waals surface area contributed by atoms with Crippen molar-refractivity contribution >= 4 is 15.9 Å². The summed E-state index contributed by atoms with van der Waals surface area (Å²) in [4.78, 5) is 10.9. The number of sulfonamides is 1. The van der Waals surface area contributed by atoms with Crippen molar-refractivity contribution in [3.8, 4) is 0 Å². The molecule has 1 aromatic carbocycles. The molecule has 3 N–H and O–H groups in total. The van der Waals surface area contributed by atoms with Crippen molar-refractivity contribution < 1.29 is 18.3 Å². The van der Waals surface area contributed by atoms with E-state index in [2.05, 4.69) is 0 Å². The Bertz CT molecular complexity index is 496. The molecule has 0 bridgehead atoms. The number of benzene rings is 1. The van der Waals surface area contributed by atoms with Crippen LogP contribution in [0.25, 0.3) is 0 Å². The minimum absolute atomic E-state index is 0.0138. The van der Waals surface area contributed by atoms with Crippen LogP contribution >= 0.6 is 0 Å². The number of likely N-dealkylation sites (N-methyl/N-ethyl adjacent to an activating group) is 1. The van der Waals surface area contributed by atoms with E-state index in [-0.39, 0.29) is 23.6 Å². The number of nitrogens with two attached hydrogens (primary N) is 1. The molecule has 0 saturated carbocycles. The van der Waals surface area contributed by atoms with E-state index in [4.69, 9.17) is 10.8 Å². The van der Waals surface area contributed by atoms with Gasteiger partial charge >= 0.3 is 0 Å². The van der Waals surface area contributed by atoms with Gasteiger partial charge in [0.2, 0.25) is 15.9 Å². The number of carbonyl (C=O) groups excluding carboxylic acids is 1. The first-order valence-electron chi connectivity index (χ1n) is 4.86. The fourth-order valence-electron chi connectivity index (χ4n) is 1.23. The Morgan fingerprint density at radius 1 is 1.35 bits per heavy atom. The smallest absolute Gasteiger partial charge is 0.248 e. The van der Waals surface area contributed by atoms with Gasteiger partial charge < -0.3 is 10.8 Å². The fraction of sp³-hybridized carbons (Fsp3) is 0.300. The summed E-state index contributed by atoms with van der Waals surface area (Å²) in [6, 6.07) is 5.32. The van der Waals surface area contributed by atoms with E-state index in [1.165, 1.54) is 31.3 Å². The Morgan fingerprint density at radius 2 is 1.88 bits per heavy atom. The van der Waals surface area contributed by atoms with Crippen molar-refractivity contribution in [2.45, 2.75) is 4.90 Å². The Morgan fingerprint density at radius 3 is 2.29 bits per heavy atom. The monoisotopic (exact) mass is 258 g/mol. The number of aliphatic hydroxyl groups is 1. The first-order valence-corrected chi connectivity index (χ1v) is 6.30. The predicted molar refractivity (Wildman–Crippen MR) is 61.9 cm³/mol. The molecular weight excluding hydrogens is 244 g/mol. The van der Waals surface area contributed by atoms with Gasteiger partial charge in [-0.05, 0) is 24.3 Å². The molecular formula is C10H14N2O4S. The molecule has 0 spiro atoms. The van der Waals surface area contributed by atoms with Crippen molar-refractivity contribution in [1.29, 1.82) is 0 Å². The third-order valence-corrected chi connectivity index (χ3v) is 4.13. The van der Waals surface area contributed by atoms with Crippen LogP contribution < -0.4 is 5.73 Å². The van der Waals surface area contributed by atoms with E-state index >= 15 is 0 Å². The van der Waals surface area contributed by atoms with Crippen molar-refractivity contribution in [2.24, 2.45) is 5.73 Å². The summed E-state index contributed by atoms with van der Waals surface area (Å²) in [5, 5.41) is 8.70. The molecule has 0 radical (unpaired) electrons. The van der Waals surface area contributed by atoms with Gasteiger partial charge in [-0.1, -0.05) is 0 Å². The zero-order valence-corrected chi connectivity index (χ0v) is 10.1. The SMILES string of the molecule is CN(CCO)S(=O)(=O)c1ccc(C(N)=O)cc1. The second kappa shape index (κ2) is 5.26. The van der Waals surface area contributed by atoms with E-state index in [9.17, 15) is 13.2 Å². The molecule has 6 nitrogen and oxygen atoms in total. The van der Waals surface area contributed by atoms with Crippen LogP contribution in [0.2, 0.25) is 0 Å². The maximum absolute atomic E-state index is 11.9. The number of aliphatic hydroxyl groups excluding tert-OH is 1. The zero-order chi connectivity index (χ0) is 13.1. The normalized spacial score (nSPS) is 11.7. The van der Waals surface area contributed by atoms with Gasteiger partial charge in [-0.15, -0.1) is 0 Å². The van der Waals surface area contributed by atoms with Gasteiger partial charge in [0.15, 0.2) is 0 Å². The summed E-state index contributed by atoms with van der Waals surface area (Å²) in [5.41, 5.74) is 5.29. The molecule has 0 aliphatic heterocycles. The van der Waals surface area contributed by atoms with E-state index in [0.717, 1.165) is 4.31 Å². The van der Waals surface area contributed by atoms with Crippen LogP contribution in [0.15, 0.2) is 29.2 Å². The maximum atomic E-state index is 11.9. The minimum Gasteiger partial charge on any atom is -0.395 e. The zero-order valence-electron chi connectivity index (χ0n) is 9.33. The lowest BCUT2D eigenvalue weighted by molar-refractivity contribution is 0.1000. The lowest BCUT2D eigenvalue weighted by Gasteiger charge is -2.15. The van der Waals surface area contributed by atoms with E-state index < -0.39 is 15.9 Å². The summed E-state index contributed by atoms with van der Waals surface area (Å²) in [6.45, 7) is -0.241. The minimum atomic E-state index is -3.62. The van der Waals surface area contributed by atoms with Crippen LogP contribution in [0.3, 0.4) is 0 Å². The number of amides is 1. The van der Waals surface area contributed by atoms with Crippen LogP contribution in [0, 0.1) is 0 Å². The van der Waals surface area contributed by atoms with Gasteiger partial charge in [0, 0.05) is 19.2 Å². The van der Waals surface area contributed by atoms with E-state index in [1.807, 2.05) is 0 Å². The first-order chi connectivity index (χ1) is 7.89. The molecule has 0 heterocycles. The number of rotatable bonds is 5. The molecule has 1 amide bonds. The second-order valence-electron chi connectivity index (χ2n) is 3.44. The highest BCUT2D eigenvalue weighted by molar-refractivity contribution is 7.89. The first kappa shape index (κ1) is 13.6. The summed E-state index contributed by atoms with van der Waals surface area (Å²) < 4.78 is 24.8.